The Hall–Kier alpha value is -0.710. The summed E-state index contributed by atoms with van der Waals surface area (Å²) in [6.45, 7) is 5.82. The molecule has 1 aromatic carbocycles. The highest BCUT2D eigenvalue weighted by atomic mass is 35.5. The Morgan fingerprint density at radius 1 is 1.27 bits per heavy atom. The number of benzene rings is 1. The molecule has 1 aromatic rings. The smallest absolute Gasteiger partial charge is 0.236 e. The summed E-state index contributed by atoms with van der Waals surface area (Å²) < 4.78 is -0.271. The summed E-state index contributed by atoms with van der Waals surface area (Å²) in [5.74, 6) is 0.207. The Morgan fingerprint density at radius 3 is 2.50 bits per heavy atom. The Balaban J connectivity index is 0.00000242. The highest BCUT2D eigenvalue weighted by molar-refractivity contribution is 8.01. The van der Waals surface area contributed by atoms with Gasteiger partial charge in [-0.25, -0.2) is 0 Å². The van der Waals surface area contributed by atoms with Gasteiger partial charge in [-0.3, -0.25) is 4.79 Å². The number of carbonyl (C=O) groups is 1. The van der Waals surface area contributed by atoms with E-state index in [0.29, 0.717) is 12.6 Å². The van der Waals surface area contributed by atoms with Crippen molar-refractivity contribution in [1.82, 2.24) is 10.6 Å². The number of hydrogen-bond acceptors (Lipinski definition) is 3. The molecule has 0 spiro atoms. The van der Waals surface area contributed by atoms with Crippen molar-refractivity contribution in [3.8, 4) is 0 Å². The summed E-state index contributed by atoms with van der Waals surface area (Å²) >= 11 is 1.74. The molecule has 0 unspecified atom stereocenters. The van der Waals surface area contributed by atoms with Gasteiger partial charge in [-0.05, 0) is 38.4 Å². The molecular weight excluding hydrogens is 316 g/mol. The lowest BCUT2D eigenvalue weighted by molar-refractivity contribution is -0.123. The van der Waals surface area contributed by atoms with Crippen molar-refractivity contribution in [2.24, 2.45) is 0 Å². The van der Waals surface area contributed by atoms with Crippen molar-refractivity contribution in [3.63, 3.8) is 0 Å². The van der Waals surface area contributed by atoms with Crippen molar-refractivity contribution in [2.75, 3.05) is 13.1 Å². The number of likely N-dealkylation sites (N-methyl/N-ethyl adjacent to an activating group) is 1. The third-order valence-electron chi connectivity index (χ3n) is 4.00. The zero-order valence-electron chi connectivity index (χ0n) is 13.4. The van der Waals surface area contributed by atoms with Gasteiger partial charge in [0.2, 0.25) is 5.91 Å². The number of halogens is 1. The molecule has 5 heteroatoms. The molecule has 0 radical (unpaired) electrons. The topological polar surface area (TPSA) is 41.1 Å². The minimum Gasteiger partial charge on any atom is -0.353 e. The van der Waals surface area contributed by atoms with Gasteiger partial charge in [0.1, 0.15) is 0 Å². The number of amides is 1. The molecule has 0 bridgehead atoms. The fourth-order valence-corrected chi connectivity index (χ4v) is 4.27. The van der Waals surface area contributed by atoms with Crippen LogP contribution in [0.4, 0.5) is 0 Å². The lowest BCUT2D eigenvalue weighted by Gasteiger charge is -2.28. The van der Waals surface area contributed by atoms with Crippen LogP contribution in [-0.2, 0) is 4.79 Å². The Morgan fingerprint density at radius 2 is 1.91 bits per heavy atom. The van der Waals surface area contributed by atoms with Gasteiger partial charge in [-0.2, -0.15) is 0 Å². The van der Waals surface area contributed by atoms with E-state index in [9.17, 15) is 4.79 Å². The van der Waals surface area contributed by atoms with Crippen molar-refractivity contribution < 1.29 is 4.79 Å². The maximum Gasteiger partial charge on any atom is 0.236 e. The Labute approximate surface area is 144 Å². The first-order valence-electron chi connectivity index (χ1n) is 7.92. The van der Waals surface area contributed by atoms with Crippen LogP contribution in [0.3, 0.4) is 0 Å². The molecule has 0 aliphatic heterocycles. The zero-order valence-corrected chi connectivity index (χ0v) is 15.1. The van der Waals surface area contributed by atoms with Crippen molar-refractivity contribution >= 4 is 30.1 Å². The van der Waals surface area contributed by atoms with Crippen molar-refractivity contribution in [1.29, 1.82) is 0 Å². The zero-order chi connectivity index (χ0) is 15.1. The Kier molecular flexibility index (Phi) is 8.29. The van der Waals surface area contributed by atoms with Crippen LogP contribution in [0.5, 0.6) is 0 Å². The summed E-state index contributed by atoms with van der Waals surface area (Å²) in [5.41, 5.74) is 0. The van der Waals surface area contributed by atoms with Crippen LogP contribution >= 0.6 is 24.2 Å². The second-order valence-electron chi connectivity index (χ2n) is 5.79. The predicted molar refractivity (Wildman–Crippen MR) is 96.9 cm³/mol. The number of nitrogens with one attached hydrogen (secondary N) is 2. The molecule has 22 heavy (non-hydrogen) atoms. The molecule has 0 heterocycles. The van der Waals surface area contributed by atoms with E-state index in [2.05, 4.69) is 36.6 Å². The molecular formula is C17H27ClN2OS. The first kappa shape index (κ1) is 19.3. The standard InChI is InChI=1S/C17H26N2OS.ClH/c1-3-18-14(2)13-19-16(20)17(11-7-8-12-17)21-15-9-5-4-6-10-15;/h4-6,9-10,14,18H,3,7-8,11-13H2,1-2H3,(H,19,20);1H/t14-;/m1./s1. The number of hydrogen-bond donors (Lipinski definition) is 2. The normalized spacial score (nSPS) is 17.5. The summed E-state index contributed by atoms with van der Waals surface area (Å²) in [7, 11) is 0. The maximum atomic E-state index is 12.7. The van der Waals surface area contributed by atoms with Crippen LogP contribution < -0.4 is 10.6 Å². The highest BCUT2D eigenvalue weighted by Crippen LogP contribution is 2.45. The van der Waals surface area contributed by atoms with Crippen molar-refractivity contribution in [2.45, 2.75) is 55.2 Å². The van der Waals surface area contributed by atoms with Gasteiger partial charge in [-0.1, -0.05) is 38.0 Å². The molecule has 1 atom stereocenters. The average molecular weight is 343 g/mol. The minimum absolute atomic E-state index is 0. The van der Waals surface area contributed by atoms with Crippen molar-refractivity contribution in [3.05, 3.63) is 30.3 Å². The average Bonchev–Trinajstić information content (AvgIpc) is 2.96. The lowest BCUT2D eigenvalue weighted by Crippen LogP contribution is -2.47. The van der Waals surface area contributed by atoms with E-state index in [0.717, 1.165) is 32.2 Å². The molecule has 1 amide bonds. The second-order valence-corrected chi connectivity index (χ2v) is 7.24. The molecule has 0 saturated heterocycles. The first-order chi connectivity index (χ1) is 10.2. The molecule has 2 rings (SSSR count). The monoisotopic (exact) mass is 342 g/mol. The highest BCUT2D eigenvalue weighted by Gasteiger charge is 2.42. The largest absolute Gasteiger partial charge is 0.353 e. The van der Waals surface area contributed by atoms with Crippen LogP contribution in [0.2, 0.25) is 0 Å². The summed E-state index contributed by atoms with van der Waals surface area (Å²) in [6.07, 6.45) is 4.26. The van der Waals surface area contributed by atoms with Crippen LogP contribution in [0, 0.1) is 0 Å². The van der Waals surface area contributed by atoms with Crippen LogP contribution in [-0.4, -0.2) is 29.8 Å². The van der Waals surface area contributed by atoms with E-state index in [1.807, 2.05) is 18.2 Å². The van der Waals surface area contributed by atoms with E-state index in [1.165, 1.54) is 4.90 Å². The summed E-state index contributed by atoms with van der Waals surface area (Å²) in [5, 5.41) is 6.48. The summed E-state index contributed by atoms with van der Waals surface area (Å²) in [6, 6.07) is 10.6. The summed E-state index contributed by atoms with van der Waals surface area (Å²) in [4.78, 5) is 13.9. The number of thioether (sulfide) groups is 1. The SMILES string of the molecule is CCN[C@H](C)CNC(=O)C1(Sc2ccccc2)CCCC1.Cl. The molecule has 1 fully saturated rings. The molecule has 1 saturated carbocycles. The van der Waals surface area contributed by atoms with Gasteiger partial charge in [0.25, 0.3) is 0 Å². The maximum absolute atomic E-state index is 12.7. The van der Waals surface area contributed by atoms with Gasteiger partial charge in [0.05, 0.1) is 4.75 Å². The molecule has 1 aliphatic rings. The molecule has 1 aliphatic carbocycles. The second kappa shape index (κ2) is 9.43. The Bertz CT molecular complexity index is 449. The van der Waals surface area contributed by atoms with Gasteiger partial charge in [0, 0.05) is 17.5 Å². The number of rotatable bonds is 7. The molecule has 2 N–H and O–H groups in total. The fraction of sp³-hybridized carbons (Fsp3) is 0.588. The van der Waals surface area contributed by atoms with Crippen LogP contribution in [0.15, 0.2) is 35.2 Å². The van der Waals surface area contributed by atoms with E-state index < -0.39 is 0 Å². The third-order valence-corrected chi connectivity index (χ3v) is 5.50. The predicted octanol–water partition coefficient (Wildman–Crippen LogP) is 3.63. The van der Waals surface area contributed by atoms with Gasteiger partial charge in [-0.15, -0.1) is 24.2 Å². The van der Waals surface area contributed by atoms with Gasteiger partial charge >= 0.3 is 0 Å². The van der Waals surface area contributed by atoms with E-state index >= 15 is 0 Å². The minimum atomic E-state index is -0.271. The first-order valence-corrected chi connectivity index (χ1v) is 8.74. The molecule has 3 nitrogen and oxygen atoms in total. The molecule has 124 valence electrons. The fourth-order valence-electron chi connectivity index (χ4n) is 2.86. The lowest BCUT2D eigenvalue weighted by atomic mass is 10.1. The van der Waals surface area contributed by atoms with E-state index in [1.54, 1.807) is 11.8 Å². The van der Waals surface area contributed by atoms with E-state index in [-0.39, 0.29) is 23.1 Å². The van der Waals surface area contributed by atoms with Gasteiger partial charge < -0.3 is 10.6 Å². The van der Waals surface area contributed by atoms with Crippen LogP contribution in [0.25, 0.3) is 0 Å². The quantitative estimate of drug-likeness (QED) is 0.795. The van der Waals surface area contributed by atoms with Crippen LogP contribution in [0.1, 0.15) is 39.5 Å². The third kappa shape index (κ3) is 5.18. The number of carbonyl (C=O) groups excluding carboxylic acids is 1. The molecule has 0 aromatic heterocycles. The van der Waals surface area contributed by atoms with E-state index in [4.69, 9.17) is 0 Å². The van der Waals surface area contributed by atoms with Gasteiger partial charge in [0.15, 0.2) is 0 Å².